The highest BCUT2D eigenvalue weighted by Gasteiger charge is 2.56. The molecule has 2 aromatic rings. The molecular formula is C22H22Cl2N2O3. The third kappa shape index (κ3) is 4.68. The maximum absolute atomic E-state index is 12.5. The summed E-state index contributed by atoms with van der Waals surface area (Å²) in [7, 11) is 0. The van der Waals surface area contributed by atoms with E-state index in [1.165, 1.54) is 0 Å². The van der Waals surface area contributed by atoms with Gasteiger partial charge in [0.1, 0.15) is 6.61 Å². The van der Waals surface area contributed by atoms with Crippen molar-refractivity contribution in [3.8, 4) is 0 Å². The Morgan fingerprint density at radius 3 is 2.38 bits per heavy atom. The number of amides is 2. The molecule has 0 radical (unpaired) electrons. The quantitative estimate of drug-likeness (QED) is 0.745. The number of carbonyl (C=O) groups excluding carboxylic acids is 2. The first-order valence-corrected chi connectivity index (χ1v) is 10.4. The number of likely N-dealkylation sites (tertiary alicyclic amines) is 1. The maximum Gasteiger partial charge on any atom is 0.410 e. The van der Waals surface area contributed by atoms with Crippen LogP contribution in [0.4, 0.5) is 4.79 Å². The maximum atomic E-state index is 12.5. The van der Waals surface area contributed by atoms with Crippen LogP contribution in [0.5, 0.6) is 0 Å². The number of rotatable bonds is 4. The Morgan fingerprint density at radius 1 is 1.07 bits per heavy atom. The molecule has 152 valence electrons. The number of halogens is 2. The van der Waals surface area contributed by atoms with Crippen molar-refractivity contribution in [1.29, 1.82) is 0 Å². The van der Waals surface area contributed by atoms with Crippen LogP contribution in [0, 0.1) is 5.41 Å². The molecule has 4 rings (SSSR count). The van der Waals surface area contributed by atoms with Gasteiger partial charge in [-0.3, -0.25) is 4.79 Å². The zero-order valence-electron chi connectivity index (χ0n) is 15.9. The van der Waals surface area contributed by atoms with Crippen molar-refractivity contribution in [3.63, 3.8) is 0 Å². The Kier molecular flexibility index (Phi) is 5.70. The van der Waals surface area contributed by atoms with Gasteiger partial charge < -0.3 is 15.0 Å². The first-order chi connectivity index (χ1) is 13.9. The van der Waals surface area contributed by atoms with Gasteiger partial charge in [-0.1, -0.05) is 53.5 Å². The standard InChI is InChI=1S/C22H22Cl2N2O3/c23-17-10-16(11-18(24)12-17)20(27)25-19-13-22(19)6-8-26(9-7-22)21(28)29-14-15-4-2-1-3-5-15/h1-5,10-12,19H,6-9,13-14H2,(H,25,27)/t19-/m0/s1. The lowest BCUT2D eigenvalue weighted by molar-refractivity contribution is 0.0772. The fraction of sp³-hybridized carbons (Fsp3) is 0.364. The first kappa shape index (κ1) is 20.0. The Morgan fingerprint density at radius 2 is 1.72 bits per heavy atom. The molecule has 1 saturated heterocycles. The second-order valence-corrected chi connectivity index (χ2v) is 8.65. The van der Waals surface area contributed by atoms with E-state index in [9.17, 15) is 9.59 Å². The number of hydrogen-bond acceptors (Lipinski definition) is 3. The first-order valence-electron chi connectivity index (χ1n) is 9.68. The van der Waals surface area contributed by atoms with E-state index in [1.54, 1.807) is 23.1 Å². The predicted octanol–water partition coefficient (Wildman–Crippen LogP) is 4.91. The van der Waals surface area contributed by atoms with E-state index in [0.717, 1.165) is 24.8 Å². The van der Waals surface area contributed by atoms with Gasteiger partial charge in [0.2, 0.25) is 0 Å². The zero-order valence-corrected chi connectivity index (χ0v) is 17.4. The van der Waals surface area contributed by atoms with E-state index in [2.05, 4.69) is 5.32 Å². The molecule has 1 atom stereocenters. The van der Waals surface area contributed by atoms with Crippen molar-refractivity contribution in [2.45, 2.75) is 31.9 Å². The highest BCUT2D eigenvalue weighted by atomic mass is 35.5. The molecule has 1 spiro atoms. The van der Waals surface area contributed by atoms with Crippen molar-refractivity contribution in [1.82, 2.24) is 10.2 Å². The number of ether oxygens (including phenoxy) is 1. The summed E-state index contributed by atoms with van der Waals surface area (Å²) in [6, 6.07) is 14.6. The van der Waals surface area contributed by atoms with Crippen LogP contribution in [0.25, 0.3) is 0 Å². The fourth-order valence-corrected chi connectivity index (χ4v) is 4.50. The second kappa shape index (κ2) is 8.25. The molecule has 1 aliphatic heterocycles. The van der Waals surface area contributed by atoms with Crippen LogP contribution < -0.4 is 5.32 Å². The van der Waals surface area contributed by atoms with Crippen molar-refractivity contribution < 1.29 is 14.3 Å². The average Bonchev–Trinajstić information content (AvgIpc) is 3.37. The molecular weight excluding hydrogens is 411 g/mol. The van der Waals surface area contributed by atoms with Crippen LogP contribution in [-0.4, -0.2) is 36.0 Å². The van der Waals surface area contributed by atoms with Gasteiger partial charge in [0, 0.05) is 34.7 Å². The number of nitrogens with zero attached hydrogens (tertiary/aromatic N) is 1. The van der Waals surface area contributed by atoms with Crippen LogP contribution in [0.1, 0.15) is 35.2 Å². The summed E-state index contributed by atoms with van der Waals surface area (Å²) in [5.74, 6) is -0.166. The lowest BCUT2D eigenvalue weighted by Gasteiger charge is -2.32. The molecule has 7 heteroatoms. The SMILES string of the molecule is O=C(N[C@H]1CC12CCN(C(=O)OCc1ccccc1)CC2)c1cc(Cl)cc(Cl)c1. The summed E-state index contributed by atoms with van der Waals surface area (Å²) in [4.78, 5) is 26.6. The summed E-state index contributed by atoms with van der Waals surface area (Å²) >= 11 is 12.0. The van der Waals surface area contributed by atoms with Crippen molar-refractivity contribution in [3.05, 3.63) is 69.7 Å². The van der Waals surface area contributed by atoms with E-state index >= 15 is 0 Å². The molecule has 2 fully saturated rings. The predicted molar refractivity (Wildman–Crippen MR) is 112 cm³/mol. The van der Waals surface area contributed by atoms with Crippen LogP contribution >= 0.6 is 23.2 Å². The lowest BCUT2D eigenvalue weighted by atomic mass is 9.93. The minimum atomic E-state index is -0.279. The average molecular weight is 433 g/mol. The molecule has 1 aliphatic carbocycles. The molecule has 0 unspecified atom stereocenters. The van der Waals surface area contributed by atoms with E-state index in [1.807, 2.05) is 30.3 Å². The normalized spacial score (nSPS) is 19.7. The van der Waals surface area contributed by atoms with Gasteiger partial charge >= 0.3 is 6.09 Å². The zero-order chi connectivity index (χ0) is 20.4. The molecule has 1 heterocycles. The third-order valence-electron chi connectivity index (χ3n) is 5.84. The van der Waals surface area contributed by atoms with Gasteiger partial charge in [-0.2, -0.15) is 0 Å². The second-order valence-electron chi connectivity index (χ2n) is 7.78. The summed E-state index contributed by atoms with van der Waals surface area (Å²) < 4.78 is 5.42. The smallest absolute Gasteiger partial charge is 0.410 e. The number of nitrogens with one attached hydrogen (secondary N) is 1. The molecule has 2 amide bonds. The summed E-state index contributed by atoms with van der Waals surface area (Å²) in [5, 5.41) is 3.97. The molecule has 2 aromatic carbocycles. The largest absolute Gasteiger partial charge is 0.445 e. The Hall–Kier alpha value is -2.24. The summed E-state index contributed by atoms with van der Waals surface area (Å²) in [6.45, 7) is 1.56. The van der Waals surface area contributed by atoms with Gasteiger partial charge in [0.15, 0.2) is 0 Å². The van der Waals surface area contributed by atoms with E-state index < -0.39 is 0 Å². The molecule has 1 N–H and O–H groups in total. The van der Waals surface area contributed by atoms with Gasteiger partial charge in [-0.25, -0.2) is 4.79 Å². The fourth-order valence-electron chi connectivity index (χ4n) is 3.98. The molecule has 1 saturated carbocycles. The van der Waals surface area contributed by atoms with Gasteiger partial charge in [-0.05, 0) is 48.4 Å². The minimum Gasteiger partial charge on any atom is -0.445 e. The number of piperidine rings is 1. The number of carbonyl (C=O) groups is 2. The highest BCUT2D eigenvalue weighted by Crippen LogP contribution is 2.54. The van der Waals surface area contributed by atoms with Gasteiger partial charge in [-0.15, -0.1) is 0 Å². The van der Waals surface area contributed by atoms with Crippen LogP contribution in [0.2, 0.25) is 10.0 Å². The van der Waals surface area contributed by atoms with Gasteiger partial charge in [0.05, 0.1) is 0 Å². The molecule has 2 aliphatic rings. The van der Waals surface area contributed by atoms with Crippen LogP contribution in [-0.2, 0) is 11.3 Å². The topological polar surface area (TPSA) is 58.6 Å². The number of hydrogen-bond donors (Lipinski definition) is 1. The van der Waals surface area contributed by atoms with Crippen LogP contribution in [0.3, 0.4) is 0 Å². The Balaban J connectivity index is 1.25. The van der Waals surface area contributed by atoms with Crippen molar-refractivity contribution >= 4 is 35.2 Å². The minimum absolute atomic E-state index is 0.0776. The summed E-state index contributed by atoms with van der Waals surface area (Å²) in [5.41, 5.74) is 1.51. The third-order valence-corrected chi connectivity index (χ3v) is 6.28. The molecule has 0 bridgehead atoms. The summed E-state index contributed by atoms with van der Waals surface area (Å²) in [6.07, 6.45) is 2.36. The Labute approximate surface area is 179 Å². The monoisotopic (exact) mass is 432 g/mol. The molecule has 5 nitrogen and oxygen atoms in total. The Bertz CT molecular complexity index is 891. The van der Waals surface area contributed by atoms with Gasteiger partial charge in [0.25, 0.3) is 5.91 Å². The number of benzene rings is 2. The highest BCUT2D eigenvalue weighted by molar-refractivity contribution is 6.35. The molecule has 0 aromatic heterocycles. The van der Waals surface area contributed by atoms with Crippen LogP contribution in [0.15, 0.2) is 48.5 Å². The van der Waals surface area contributed by atoms with E-state index in [-0.39, 0.29) is 30.1 Å². The molecule has 29 heavy (non-hydrogen) atoms. The van der Waals surface area contributed by atoms with Crippen molar-refractivity contribution in [2.75, 3.05) is 13.1 Å². The van der Waals surface area contributed by atoms with E-state index in [0.29, 0.717) is 28.7 Å². The van der Waals surface area contributed by atoms with E-state index in [4.69, 9.17) is 27.9 Å². The lowest BCUT2D eigenvalue weighted by Crippen LogP contribution is -2.42. The van der Waals surface area contributed by atoms with Crippen molar-refractivity contribution in [2.24, 2.45) is 5.41 Å².